The molecule has 2 bridgehead atoms. The molecule has 0 radical (unpaired) electrons. The highest BCUT2D eigenvalue weighted by Gasteiger charge is 2.49. The van der Waals surface area contributed by atoms with Gasteiger partial charge in [0.1, 0.15) is 0 Å². The fourth-order valence-corrected chi connectivity index (χ4v) is 3.72. The molecule has 0 aliphatic carbocycles. The molecular weight excluding hydrogens is 315 g/mol. The SMILES string of the molecule is O=C(NC1CC2CCC1N2C(=O)c1ccncc1F)c1ccno1. The molecule has 24 heavy (non-hydrogen) atoms. The largest absolute Gasteiger partial charge is 0.351 e. The van der Waals surface area contributed by atoms with Crippen LogP contribution in [-0.4, -0.2) is 45.0 Å². The Morgan fingerprint density at radius 3 is 2.92 bits per heavy atom. The van der Waals surface area contributed by atoms with E-state index in [1.165, 1.54) is 24.5 Å². The Balaban J connectivity index is 1.52. The maximum absolute atomic E-state index is 13.9. The summed E-state index contributed by atoms with van der Waals surface area (Å²) in [6, 6.07) is 2.57. The van der Waals surface area contributed by atoms with Gasteiger partial charge >= 0.3 is 0 Å². The molecule has 2 aromatic rings. The van der Waals surface area contributed by atoms with Crippen LogP contribution in [0.15, 0.2) is 35.2 Å². The number of carbonyl (C=O) groups is 2. The van der Waals surface area contributed by atoms with Crippen molar-refractivity contribution in [2.45, 2.75) is 37.4 Å². The molecule has 2 fully saturated rings. The van der Waals surface area contributed by atoms with Crippen LogP contribution in [-0.2, 0) is 0 Å². The van der Waals surface area contributed by atoms with Crippen LogP contribution in [0, 0.1) is 5.82 Å². The molecular formula is C16H15FN4O3. The van der Waals surface area contributed by atoms with Crippen molar-refractivity contribution in [3.8, 4) is 0 Å². The van der Waals surface area contributed by atoms with Crippen molar-refractivity contribution in [3.63, 3.8) is 0 Å². The van der Waals surface area contributed by atoms with Crippen LogP contribution >= 0.6 is 0 Å². The van der Waals surface area contributed by atoms with E-state index in [1.54, 1.807) is 4.90 Å². The molecule has 0 aromatic carbocycles. The second-order valence-electron chi connectivity index (χ2n) is 6.06. The summed E-state index contributed by atoms with van der Waals surface area (Å²) in [5, 5.41) is 6.40. The summed E-state index contributed by atoms with van der Waals surface area (Å²) in [5.74, 6) is -1.20. The fraction of sp³-hybridized carbons (Fsp3) is 0.375. The van der Waals surface area contributed by atoms with Gasteiger partial charge in [0, 0.05) is 18.3 Å². The van der Waals surface area contributed by atoms with Crippen molar-refractivity contribution >= 4 is 11.8 Å². The van der Waals surface area contributed by atoms with Crippen LogP contribution in [0.1, 0.15) is 40.2 Å². The first-order chi connectivity index (χ1) is 11.6. The van der Waals surface area contributed by atoms with Gasteiger partial charge in [-0.3, -0.25) is 14.6 Å². The van der Waals surface area contributed by atoms with Gasteiger partial charge in [0.05, 0.1) is 30.0 Å². The molecule has 8 heteroatoms. The molecule has 2 aliphatic heterocycles. The van der Waals surface area contributed by atoms with Gasteiger partial charge in [-0.1, -0.05) is 5.16 Å². The molecule has 3 unspecified atom stereocenters. The molecule has 2 aromatic heterocycles. The Morgan fingerprint density at radius 2 is 2.17 bits per heavy atom. The minimum Gasteiger partial charge on any atom is -0.351 e. The van der Waals surface area contributed by atoms with Crippen LogP contribution < -0.4 is 5.32 Å². The van der Waals surface area contributed by atoms with Crippen LogP contribution in [0.25, 0.3) is 0 Å². The molecule has 2 amide bonds. The van der Waals surface area contributed by atoms with Crippen LogP contribution in [0.2, 0.25) is 0 Å². The van der Waals surface area contributed by atoms with Gasteiger partial charge in [-0.25, -0.2) is 4.39 Å². The lowest BCUT2D eigenvalue weighted by Crippen LogP contribution is -2.45. The lowest BCUT2D eigenvalue weighted by atomic mass is 9.95. The van der Waals surface area contributed by atoms with Crippen molar-refractivity contribution in [2.24, 2.45) is 0 Å². The summed E-state index contributed by atoms with van der Waals surface area (Å²) in [5.41, 5.74) is 0.0177. The molecule has 7 nitrogen and oxygen atoms in total. The number of pyridine rings is 1. The zero-order valence-corrected chi connectivity index (χ0v) is 12.7. The minimum absolute atomic E-state index is 0.00934. The van der Waals surface area contributed by atoms with Gasteiger partial charge in [-0.2, -0.15) is 0 Å². The Bertz CT molecular complexity index is 779. The summed E-state index contributed by atoms with van der Waals surface area (Å²) in [7, 11) is 0. The number of carbonyl (C=O) groups excluding carboxylic acids is 2. The lowest BCUT2D eigenvalue weighted by Gasteiger charge is -2.25. The van der Waals surface area contributed by atoms with E-state index in [0.717, 1.165) is 19.0 Å². The zero-order valence-electron chi connectivity index (χ0n) is 12.7. The highest BCUT2D eigenvalue weighted by atomic mass is 19.1. The Kier molecular flexibility index (Phi) is 3.51. The van der Waals surface area contributed by atoms with Crippen molar-refractivity contribution < 1.29 is 18.5 Å². The highest BCUT2D eigenvalue weighted by molar-refractivity contribution is 5.95. The molecule has 0 saturated carbocycles. The summed E-state index contributed by atoms with van der Waals surface area (Å²) in [6.45, 7) is 0. The first-order valence-electron chi connectivity index (χ1n) is 7.79. The fourth-order valence-electron chi connectivity index (χ4n) is 3.72. The second kappa shape index (κ2) is 5.70. The van der Waals surface area contributed by atoms with Gasteiger partial charge in [-0.05, 0) is 25.3 Å². The molecule has 2 aliphatic rings. The maximum atomic E-state index is 13.9. The first kappa shape index (κ1) is 14.8. The summed E-state index contributed by atoms with van der Waals surface area (Å²) in [6.07, 6.45) is 6.13. The average molecular weight is 330 g/mol. The van der Waals surface area contributed by atoms with Gasteiger partial charge in [-0.15, -0.1) is 0 Å². The topological polar surface area (TPSA) is 88.3 Å². The van der Waals surface area contributed by atoms with Crippen LogP contribution in [0.4, 0.5) is 4.39 Å². The smallest absolute Gasteiger partial charge is 0.290 e. The second-order valence-corrected chi connectivity index (χ2v) is 6.06. The average Bonchev–Trinajstić information content (AvgIpc) is 3.30. The van der Waals surface area contributed by atoms with Crippen molar-refractivity contribution in [1.82, 2.24) is 20.4 Å². The number of hydrogen-bond donors (Lipinski definition) is 1. The lowest BCUT2D eigenvalue weighted by molar-refractivity contribution is 0.0710. The minimum atomic E-state index is -0.629. The summed E-state index contributed by atoms with van der Waals surface area (Å²) < 4.78 is 18.7. The number of fused-ring (bicyclic) bond motifs is 2. The number of nitrogens with zero attached hydrogens (tertiary/aromatic N) is 3. The van der Waals surface area contributed by atoms with Crippen molar-refractivity contribution in [1.29, 1.82) is 0 Å². The predicted octanol–water partition coefficient (Wildman–Crippen LogP) is 1.38. The number of hydrogen-bond acceptors (Lipinski definition) is 5. The van der Waals surface area contributed by atoms with E-state index >= 15 is 0 Å². The van der Waals surface area contributed by atoms with E-state index in [2.05, 4.69) is 15.5 Å². The van der Waals surface area contributed by atoms with Gasteiger partial charge in [0.15, 0.2) is 5.82 Å². The highest BCUT2D eigenvalue weighted by Crippen LogP contribution is 2.39. The number of halogens is 1. The Labute approximate surface area is 136 Å². The number of aromatic nitrogens is 2. The third-order valence-corrected chi connectivity index (χ3v) is 4.75. The van der Waals surface area contributed by atoms with E-state index in [4.69, 9.17) is 4.52 Å². The van der Waals surface area contributed by atoms with Gasteiger partial charge in [0.2, 0.25) is 5.76 Å². The Hall–Kier alpha value is -2.77. The number of nitrogens with one attached hydrogen (secondary N) is 1. The molecule has 124 valence electrons. The molecule has 0 spiro atoms. The van der Waals surface area contributed by atoms with E-state index < -0.39 is 5.82 Å². The maximum Gasteiger partial charge on any atom is 0.290 e. The Morgan fingerprint density at radius 1 is 1.29 bits per heavy atom. The number of amides is 2. The predicted molar refractivity (Wildman–Crippen MR) is 79.5 cm³/mol. The summed E-state index contributed by atoms with van der Waals surface area (Å²) in [4.78, 5) is 30.2. The number of rotatable bonds is 3. The van der Waals surface area contributed by atoms with Crippen molar-refractivity contribution in [2.75, 3.05) is 0 Å². The molecule has 1 N–H and O–H groups in total. The quantitative estimate of drug-likeness (QED) is 0.918. The molecule has 2 saturated heterocycles. The van der Waals surface area contributed by atoms with E-state index in [-0.39, 0.29) is 41.3 Å². The summed E-state index contributed by atoms with van der Waals surface area (Å²) >= 11 is 0. The molecule has 3 atom stereocenters. The van der Waals surface area contributed by atoms with Gasteiger partial charge < -0.3 is 14.7 Å². The zero-order chi connectivity index (χ0) is 16.7. The monoisotopic (exact) mass is 330 g/mol. The van der Waals surface area contributed by atoms with E-state index in [1.807, 2.05) is 0 Å². The van der Waals surface area contributed by atoms with Gasteiger partial charge in [0.25, 0.3) is 11.8 Å². The van der Waals surface area contributed by atoms with E-state index in [9.17, 15) is 14.0 Å². The van der Waals surface area contributed by atoms with Crippen LogP contribution in [0.5, 0.6) is 0 Å². The standard InChI is InChI=1S/C16H15FN4O3/c17-11-8-18-5-3-10(11)16(23)21-9-1-2-13(21)12(7-9)20-15(22)14-4-6-19-24-14/h3-6,8-9,12-13H,1-2,7H2,(H,20,22). The molecule has 4 rings (SSSR count). The van der Waals surface area contributed by atoms with Crippen molar-refractivity contribution in [3.05, 3.63) is 47.9 Å². The molecule has 4 heterocycles. The third-order valence-electron chi connectivity index (χ3n) is 4.75. The normalized spacial score (nSPS) is 25.0. The first-order valence-corrected chi connectivity index (χ1v) is 7.79. The van der Waals surface area contributed by atoms with Crippen LogP contribution in [0.3, 0.4) is 0 Å². The third kappa shape index (κ3) is 2.34. The van der Waals surface area contributed by atoms with E-state index in [0.29, 0.717) is 6.42 Å².